The monoisotopic (exact) mass is 399 g/mol. The molecule has 0 radical (unpaired) electrons. The van der Waals surface area contributed by atoms with Crippen LogP contribution in [0.25, 0.3) is 5.78 Å². The van der Waals surface area contributed by atoms with Gasteiger partial charge in [0, 0.05) is 17.1 Å². The first-order chi connectivity index (χ1) is 13.6. The van der Waals surface area contributed by atoms with Crippen LogP contribution >= 0.6 is 0 Å². The summed E-state index contributed by atoms with van der Waals surface area (Å²) >= 11 is 0. The molecule has 0 bridgehead atoms. The molecule has 0 aromatic carbocycles. The van der Waals surface area contributed by atoms with E-state index in [-0.39, 0.29) is 22.9 Å². The Kier molecular flexibility index (Phi) is 5.19. The van der Waals surface area contributed by atoms with Crippen LogP contribution in [0.2, 0.25) is 0 Å². The number of nitrogens with zero attached hydrogens (tertiary/aromatic N) is 4. The van der Waals surface area contributed by atoms with Crippen LogP contribution in [0.3, 0.4) is 0 Å². The van der Waals surface area contributed by atoms with Crippen LogP contribution in [0.1, 0.15) is 61.0 Å². The maximum absolute atomic E-state index is 12.8. The topological polar surface area (TPSA) is 129 Å². The molecule has 1 atom stereocenters. The number of carbonyl (C=O) groups is 3. The van der Waals surface area contributed by atoms with Crippen LogP contribution in [0.15, 0.2) is 6.07 Å². The highest BCUT2D eigenvalue weighted by Gasteiger charge is 2.28. The standard InChI is InChI=1S/C19H21N5O5/c1-8-7-9(2)24-19(20-8)22-16(23-24)18(27)29-12(5)15(25)14-10(3)13(11(4)21-14)17(26)28-6/h7,12,21H,1-6H3/t12-/m1/s1. The van der Waals surface area contributed by atoms with Gasteiger partial charge < -0.3 is 14.5 Å². The van der Waals surface area contributed by atoms with Crippen LogP contribution in [-0.4, -0.2) is 55.5 Å². The number of hydrogen-bond acceptors (Lipinski definition) is 8. The number of aromatic nitrogens is 5. The molecule has 1 N–H and O–H groups in total. The number of rotatable bonds is 5. The van der Waals surface area contributed by atoms with E-state index in [1.807, 2.05) is 13.8 Å². The van der Waals surface area contributed by atoms with E-state index in [9.17, 15) is 14.4 Å². The molecule has 0 aliphatic heterocycles. The molecule has 0 aliphatic rings. The first-order valence-electron chi connectivity index (χ1n) is 8.87. The minimum Gasteiger partial charge on any atom is -0.465 e. The second-order valence-corrected chi connectivity index (χ2v) is 6.71. The quantitative estimate of drug-likeness (QED) is 0.509. The minimum absolute atomic E-state index is 0.180. The molecule has 0 unspecified atom stereocenters. The Morgan fingerprint density at radius 1 is 1.10 bits per heavy atom. The smallest absolute Gasteiger partial charge is 0.379 e. The summed E-state index contributed by atoms with van der Waals surface area (Å²) in [5, 5.41) is 4.10. The number of hydrogen-bond donors (Lipinski definition) is 1. The highest BCUT2D eigenvalue weighted by atomic mass is 16.5. The third-order valence-electron chi connectivity index (χ3n) is 4.53. The van der Waals surface area contributed by atoms with E-state index in [0.717, 1.165) is 11.4 Å². The van der Waals surface area contributed by atoms with E-state index in [4.69, 9.17) is 9.47 Å². The number of ether oxygens (including phenoxy) is 2. The molecule has 10 nitrogen and oxygen atoms in total. The molecule has 3 aromatic heterocycles. The number of ketones is 1. The molecule has 3 rings (SSSR count). The molecular formula is C19H21N5O5. The molecule has 0 aliphatic carbocycles. The van der Waals surface area contributed by atoms with Crippen molar-refractivity contribution in [3.05, 3.63) is 45.8 Å². The lowest BCUT2D eigenvalue weighted by Crippen LogP contribution is -2.26. The van der Waals surface area contributed by atoms with Gasteiger partial charge in [0.15, 0.2) is 6.10 Å². The maximum Gasteiger partial charge on any atom is 0.379 e. The number of aryl methyl sites for hydroxylation is 3. The van der Waals surface area contributed by atoms with Crippen LogP contribution in [0, 0.1) is 27.7 Å². The molecule has 152 valence electrons. The summed E-state index contributed by atoms with van der Waals surface area (Å²) in [7, 11) is 1.26. The van der Waals surface area contributed by atoms with E-state index in [0.29, 0.717) is 11.3 Å². The minimum atomic E-state index is -1.12. The summed E-state index contributed by atoms with van der Waals surface area (Å²) in [5.74, 6) is -1.80. The van der Waals surface area contributed by atoms with Crippen molar-refractivity contribution in [2.45, 2.75) is 40.7 Å². The number of Topliss-reactive ketones (excluding diaryl/α,β-unsaturated/α-hetero) is 1. The molecular weight excluding hydrogens is 378 g/mol. The van der Waals surface area contributed by atoms with Gasteiger partial charge in [-0.2, -0.15) is 4.98 Å². The molecule has 29 heavy (non-hydrogen) atoms. The average Bonchev–Trinajstić information content (AvgIpc) is 3.21. The summed E-state index contributed by atoms with van der Waals surface area (Å²) in [6, 6.07) is 1.80. The SMILES string of the molecule is COC(=O)c1c(C)[nH]c(C(=O)[C@@H](C)OC(=O)c2nc3nc(C)cc(C)n3n2)c1C. The average molecular weight is 399 g/mol. The van der Waals surface area contributed by atoms with E-state index in [1.165, 1.54) is 18.5 Å². The number of fused-ring (bicyclic) bond motifs is 1. The fourth-order valence-electron chi connectivity index (χ4n) is 3.13. The lowest BCUT2D eigenvalue weighted by Gasteiger charge is -2.10. The van der Waals surface area contributed by atoms with Crippen molar-refractivity contribution < 1.29 is 23.9 Å². The number of H-pyrrole nitrogens is 1. The van der Waals surface area contributed by atoms with Gasteiger partial charge in [-0.3, -0.25) is 4.79 Å². The fraction of sp³-hybridized carbons (Fsp3) is 0.368. The second-order valence-electron chi connectivity index (χ2n) is 6.71. The number of methoxy groups -OCH3 is 1. The Hall–Kier alpha value is -3.56. The van der Waals surface area contributed by atoms with Crippen molar-refractivity contribution in [2.75, 3.05) is 7.11 Å². The first kappa shape index (κ1) is 20.2. The van der Waals surface area contributed by atoms with Crippen LogP contribution in [-0.2, 0) is 9.47 Å². The maximum atomic E-state index is 12.8. The van der Waals surface area contributed by atoms with Crippen molar-refractivity contribution in [2.24, 2.45) is 0 Å². The lowest BCUT2D eigenvalue weighted by atomic mass is 10.1. The molecule has 0 amide bonds. The summed E-state index contributed by atoms with van der Waals surface area (Å²) in [6.07, 6.45) is -1.12. The normalized spacial score (nSPS) is 12.1. The van der Waals surface area contributed by atoms with Gasteiger partial charge in [0.1, 0.15) is 0 Å². The number of carbonyl (C=O) groups excluding carboxylic acids is 3. The first-order valence-corrected chi connectivity index (χ1v) is 8.87. The van der Waals surface area contributed by atoms with Crippen molar-refractivity contribution >= 4 is 23.5 Å². The summed E-state index contributed by atoms with van der Waals surface area (Å²) in [5.41, 5.74) is 2.90. The van der Waals surface area contributed by atoms with E-state index >= 15 is 0 Å². The van der Waals surface area contributed by atoms with E-state index in [2.05, 4.69) is 20.1 Å². The molecule has 10 heteroatoms. The molecule has 3 aromatic rings. The number of nitrogens with one attached hydrogen (secondary N) is 1. The van der Waals surface area contributed by atoms with Gasteiger partial charge in [0.2, 0.25) is 5.78 Å². The summed E-state index contributed by atoms with van der Waals surface area (Å²) in [4.78, 5) is 48.3. The van der Waals surface area contributed by atoms with Crippen molar-refractivity contribution in [1.29, 1.82) is 0 Å². The Morgan fingerprint density at radius 3 is 2.45 bits per heavy atom. The Morgan fingerprint density at radius 2 is 1.79 bits per heavy atom. The van der Waals surface area contributed by atoms with Crippen molar-refractivity contribution in [1.82, 2.24) is 24.6 Å². The van der Waals surface area contributed by atoms with Gasteiger partial charge in [-0.25, -0.2) is 19.1 Å². The van der Waals surface area contributed by atoms with Gasteiger partial charge in [-0.15, -0.1) is 5.10 Å². The second kappa shape index (κ2) is 7.46. The zero-order valence-corrected chi connectivity index (χ0v) is 17.0. The molecule has 0 saturated heterocycles. The van der Waals surface area contributed by atoms with E-state index < -0.39 is 23.8 Å². The molecule has 0 saturated carbocycles. The van der Waals surface area contributed by atoms with Crippen LogP contribution < -0.4 is 0 Å². The van der Waals surface area contributed by atoms with Gasteiger partial charge >= 0.3 is 11.9 Å². The Balaban J connectivity index is 1.82. The van der Waals surface area contributed by atoms with Gasteiger partial charge in [0.05, 0.1) is 18.4 Å². The largest absolute Gasteiger partial charge is 0.465 e. The molecule has 3 heterocycles. The predicted molar refractivity (Wildman–Crippen MR) is 101 cm³/mol. The zero-order chi connectivity index (χ0) is 21.5. The predicted octanol–water partition coefficient (Wildman–Crippen LogP) is 1.90. The van der Waals surface area contributed by atoms with Gasteiger partial charge in [0.25, 0.3) is 11.6 Å². The van der Waals surface area contributed by atoms with Crippen LogP contribution in [0.4, 0.5) is 0 Å². The van der Waals surface area contributed by atoms with Crippen LogP contribution in [0.5, 0.6) is 0 Å². The van der Waals surface area contributed by atoms with Crippen molar-refractivity contribution in [3.63, 3.8) is 0 Å². The highest BCUT2D eigenvalue weighted by molar-refractivity contribution is 6.04. The summed E-state index contributed by atoms with van der Waals surface area (Å²) in [6.45, 7) is 8.34. The molecule has 0 spiro atoms. The third-order valence-corrected chi connectivity index (χ3v) is 4.53. The van der Waals surface area contributed by atoms with Gasteiger partial charge in [-0.1, -0.05) is 0 Å². The Bertz CT molecular complexity index is 1140. The number of esters is 2. The van der Waals surface area contributed by atoms with Crippen molar-refractivity contribution in [3.8, 4) is 0 Å². The summed E-state index contributed by atoms with van der Waals surface area (Å²) < 4.78 is 11.4. The Labute approximate surface area is 166 Å². The highest BCUT2D eigenvalue weighted by Crippen LogP contribution is 2.21. The number of aromatic amines is 1. The lowest BCUT2D eigenvalue weighted by molar-refractivity contribution is 0.0305. The van der Waals surface area contributed by atoms with Gasteiger partial charge in [-0.05, 0) is 46.2 Å². The zero-order valence-electron chi connectivity index (χ0n) is 17.0. The molecule has 0 fully saturated rings. The third kappa shape index (κ3) is 3.60. The van der Waals surface area contributed by atoms with E-state index in [1.54, 1.807) is 19.9 Å². The fourth-order valence-corrected chi connectivity index (χ4v) is 3.13.